The second-order valence-corrected chi connectivity index (χ2v) is 4.84. The number of benzene rings is 1. The van der Waals surface area contributed by atoms with Crippen LogP contribution in [0.5, 0.6) is 0 Å². The van der Waals surface area contributed by atoms with E-state index in [-0.39, 0.29) is 0 Å². The first kappa shape index (κ1) is 14.5. The molecule has 2 unspecified atom stereocenters. The number of hydrogen-bond acceptors (Lipinski definition) is 2. The summed E-state index contributed by atoms with van der Waals surface area (Å²) in [5, 5.41) is 4.33. The lowest BCUT2D eigenvalue weighted by atomic mass is 9.96. The summed E-state index contributed by atoms with van der Waals surface area (Å²) in [6, 6.07) is 8.34. The molecule has 1 N–H and O–H groups in total. The Labute approximate surface area is 109 Å². The summed E-state index contributed by atoms with van der Waals surface area (Å²) >= 11 is 6.24. The number of halogens is 1. The SMILES string of the molecule is CCNC(CC(C)COC)c1ccccc1Cl. The van der Waals surface area contributed by atoms with E-state index in [1.807, 2.05) is 18.2 Å². The Bertz CT molecular complexity index is 330. The predicted octanol–water partition coefficient (Wildman–Crippen LogP) is 3.66. The lowest BCUT2D eigenvalue weighted by Crippen LogP contribution is -2.24. The van der Waals surface area contributed by atoms with E-state index >= 15 is 0 Å². The van der Waals surface area contributed by atoms with Crippen molar-refractivity contribution in [3.05, 3.63) is 34.9 Å². The van der Waals surface area contributed by atoms with Crippen LogP contribution in [0.3, 0.4) is 0 Å². The van der Waals surface area contributed by atoms with E-state index in [2.05, 4.69) is 25.2 Å². The zero-order chi connectivity index (χ0) is 12.7. The van der Waals surface area contributed by atoms with Gasteiger partial charge < -0.3 is 10.1 Å². The second-order valence-electron chi connectivity index (χ2n) is 4.43. The van der Waals surface area contributed by atoms with Gasteiger partial charge in [-0.25, -0.2) is 0 Å². The molecule has 2 atom stereocenters. The van der Waals surface area contributed by atoms with Crippen molar-refractivity contribution in [2.45, 2.75) is 26.3 Å². The maximum atomic E-state index is 6.24. The van der Waals surface area contributed by atoms with Crippen LogP contribution in [0.1, 0.15) is 31.9 Å². The van der Waals surface area contributed by atoms with Crippen molar-refractivity contribution in [3.8, 4) is 0 Å². The molecule has 0 spiro atoms. The number of methoxy groups -OCH3 is 1. The van der Waals surface area contributed by atoms with Crippen molar-refractivity contribution in [1.82, 2.24) is 5.32 Å². The van der Waals surface area contributed by atoms with Gasteiger partial charge in [0.25, 0.3) is 0 Å². The van der Waals surface area contributed by atoms with E-state index in [9.17, 15) is 0 Å². The summed E-state index contributed by atoms with van der Waals surface area (Å²) in [4.78, 5) is 0. The first-order valence-corrected chi connectivity index (χ1v) is 6.53. The Hall–Kier alpha value is -0.570. The van der Waals surface area contributed by atoms with E-state index < -0.39 is 0 Å². The number of rotatable bonds is 7. The molecule has 2 nitrogen and oxygen atoms in total. The minimum atomic E-state index is 0.304. The van der Waals surface area contributed by atoms with Gasteiger partial charge in [0.2, 0.25) is 0 Å². The van der Waals surface area contributed by atoms with Crippen LogP contribution in [0.4, 0.5) is 0 Å². The maximum Gasteiger partial charge on any atom is 0.0488 e. The van der Waals surface area contributed by atoms with Gasteiger partial charge in [-0.15, -0.1) is 0 Å². The van der Waals surface area contributed by atoms with E-state index in [4.69, 9.17) is 16.3 Å². The molecule has 17 heavy (non-hydrogen) atoms. The third kappa shape index (κ3) is 4.66. The van der Waals surface area contributed by atoms with Crippen LogP contribution in [0.2, 0.25) is 5.02 Å². The molecular weight excluding hydrogens is 234 g/mol. The van der Waals surface area contributed by atoms with Crippen LogP contribution in [-0.2, 0) is 4.74 Å². The minimum absolute atomic E-state index is 0.304. The number of hydrogen-bond donors (Lipinski definition) is 1. The van der Waals surface area contributed by atoms with Gasteiger partial charge in [0.1, 0.15) is 0 Å². The highest BCUT2D eigenvalue weighted by Gasteiger charge is 2.16. The lowest BCUT2D eigenvalue weighted by molar-refractivity contribution is 0.149. The smallest absolute Gasteiger partial charge is 0.0488 e. The highest BCUT2D eigenvalue weighted by Crippen LogP contribution is 2.27. The summed E-state index contributed by atoms with van der Waals surface area (Å²) in [7, 11) is 1.74. The van der Waals surface area contributed by atoms with E-state index in [1.54, 1.807) is 7.11 Å². The standard InChI is InChI=1S/C14H22ClNO/c1-4-16-14(9-11(2)10-17-3)12-7-5-6-8-13(12)15/h5-8,11,14,16H,4,9-10H2,1-3H3. The normalized spacial score (nSPS) is 14.6. The van der Waals surface area contributed by atoms with Crippen molar-refractivity contribution in [1.29, 1.82) is 0 Å². The van der Waals surface area contributed by atoms with Crippen LogP contribution in [0.15, 0.2) is 24.3 Å². The summed E-state index contributed by atoms with van der Waals surface area (Å²) < 4.78 is 5.19. The molecule has 0 aliphatic heterocycles. The molecule has 96 valence electrons. The van der Waals surface area contributed by atoms with Crippen LogP contribution in [0, 0.1) is 5.92 Å². The van der Waals surface area contributed by atoms with Crippen molar-refractivity contribution in [3.63, 3.8) is 0 Å². The second kappa shape index (κ2) is 7.70. The third-order valence-corrected chi connectivity index (χ3v) is 3.16. The fraction of sp³-hybridized carbons (Fsp3) is 0.571. The first-order valence-electron chi connectivity index (χ1n) is 6.15. The molecule has 0 amide bonds. The molecule has 0 radical (unpaired) electrons. The van der Waals surface area contributed by atoms with Crippen LogP contribution >= 0.6 is 11.6 Å². The molecule has 1 aromatic carbocycles. The molecule has 0 heterocycles. The van der Waals surface area contributed by atoms with Crippen LogP contribution in [-0.4, -0.2) is 20.3 Å². The van der Waals surface area contributed by atoms with Crippen LogP contribution < -0.4 is 5.32 Å². The Morgan fingerprint density at radius 3 is 2.65 bits per heavy atom. The molecule has 0 bridgehead atoms. The zero-order valence-electron chi connectivity index (χ0n) is 10.9. The van der Waals surface area contributed by atoms with Gasteiger partial charge in [-0.05, 0) is 30.5 Å². The number of nitrogens with one attached hydrogen (secondary N) is 1. The van der Waals surface area contributed by atoms with Gasteiger partial charge in [-0.3, -0.25) is 0 Å². The Balaban J connectivity index is 2.75. The highest BCUT2D eigenvalue weighted by atomic mass is 35.5. The maximum absolute atomic E-state index is 6.24. The monoisotopic (exact) mass is 255 g/mol. The molecule has 0 fully saturated rings. The zero-order valence-corrected chi connectivity index (χ0v) is 11.6. The molecule has 0 saturated heterocycles. The highest BCUT2D eigenvalue weighted by molar-refractivity contribution is 6.31. The van der Waals surface area contributed by atoms with Crippen molar-refractivity contribution in [2.75, 3.05) is 20.3 Å². The van der Waals surface area contributed by atoms with E-state index in [0.29, 0.717) is 12.0 Å². The average molecular weight is 256 g/mol. The van der Waals surface area contributed by atoms with Crippen LogP contribution in [0.25, 0.3) is 0 Å². The Morgan fingerprint density at radius 1 is 1.35 bits per heavy atom. The number of ether oxygens (including phenoxy) is 1. The summed E-state index contributed by atoms with van der Waals surface area (Å²) in [5.41, 5.74) is 1.18. The minimum Gasteiger partial charge on any atom is -0.384 e. The van der Waals surface area contributed by atoms with E-state index in [0.717, 1.165) is 24.6 Å². The molecule has 0 aromatic heterocycles. The van der Waals surface area contributed by atoms with Gasteiger partial charge in [0.15, 0.2) is 0 Å². The fourth-order valence-corrected chi connectivity index (χ4v) is 2.35. The van der Waals surface area contributed by atoms with Gasteiger partial charge in [-0.1, -0.05) is 43.6 Å². The topological polar surface area (TPSA) is 21.3 Å². The summed E-state index contributed by atoms with van der Waals surface area (Å²) in [5.74, 6) is 0.514. The van der Waals surface area contributed by atoms with Gasteiger partial charge >= 0.3 is 0 Å². The quantitative estimate of drug-likeness (QED) is 0.803. The molecular formula is C14H22ClNO. The largest absolute Gasteiger partial charge is 0.384 e. The van der Waals surface area contributed by atoms with Crippen molar-refractivity contribution >= 4 is 11.6 Å². The van der Waals surface area contributed by atoms with Gasteiger partial charge in [0.05, 0.1) is 0 Å². The molecule has 0 aliphatic rings. The molecule has 3 heteroatoms. The van der Waals surface area contributed by atoms with Gasteiger partial charge in [-0.2, -0.15) is 0 Å². The molecule has 0 aliphatic carbocycles. The summed E-state index contributed by atoms with van der Waals surface area (Å²) in [6.45, 7) is 6.04. The third-order valence-electron chi connectivity index (χ3n) is 2.82. The fourth-order valence-electron chi connectivity index (χ4n) is 2.08. The summed E-state index contributed by atoms with van der Waals surface area (Å²) in [6.07, 6.45) is 1.03. The Morgan fingerprint density at radius 2 is 2.06 bits per heavy atom. The molecule has 1 aromatic rings. The van der Waals surface area contributed by atoms with Crippen molar-refractivity contribution in [2.24, 2.45) is 5.92 Å². The van der Waals surface area contributed by atoms with Crippen molar-refractivity contribution < 1.29 is 4.74 Å². The van der Waals surface area contributed by atoms with Gasteiger partial charge in [0, 0.05) is 24.8 Å². The predicted molar refractivity (Wildman–Crippen MR) is 73.5 cm³/mol. The first-order chi connectivity index (χ1) is 8.19. The Kier molecular flexibility index (Phi) is 6.56. The lowest BCUT2D eigenvalue weighted by Gasteiger charge is -2.22. The van der Waals surface area contributed by atoms with E-state index in [1.165, 1.54) is 5.56 Å². The molecule has 1 rings (SSSR count). The molecule has 0 saturated carbocycles. The average Bonchev–Trinajstić information content (AvgIpc) is 2.29.